The second-order valence-corrected chi connectivity index (χ2v) is 8.65. The summed E-state index contributed by atoms with van der Waals surface area (Å²) >= 11 is 12.0. The van der Waals surface area contributed by atoms with E-state index < -0.39 is 28.5 Å². The van der Waals surface area contributed by atoms with E-state index in [2.05, 4.69) is 5.32 Å². The third-order valence-electron chi connectivity index (χ3n) is 4.12. The minimum absolute atomic E-state index is 0.0550. The molecule has 0 fully saturated rings. The molecule has 0 saturated carbocycles. The summed E-state index contributed by atoms with van der Waals surface area (Å²) in [5.41, 5.74) is 0.910. The normalized spacial score (nSPS) is 11.5. The second-order valence-electron chi connectivity index (χ2n) is 6.27. The Hall–Kier alpha value is -2.63. The Balaban J connectivity index is 1.73. The number of nitrogens with one attached hydrogen (secondary N) is 1. The lowest BCUT2D eigenvalue weighted by atomic mass is 10.1. The Morgan fingerprint density at radius 3 is 2.42 bits per heavy atom. The van der Waals surface area contributed by atoms with E-state index in [0.29, 0.717) is 16.5 Å². The van der Waals surface area contributed by atoms with E-state index in [9.17, 15) is 18.0 Å². The molecule has 0 spiro atoms. The number of ether oxygens (including phenoxy) is 2. The summed E-state index contributed by atoms with van der Waals surface area (Å²) in [6.45, 7) is -0.568. The van der Waals surface area contributed by atoms with Crippen LogP contribution in [0.2, 0.25) is 10.0 Å². The van der Waals surface area contributed by atoms with Crippen molar-refractivity contribution in [1.29, 1.82) is 0 Å². The molecular weight excluding hydrogens is 471 g/mol. The molecule has 0 saturated heterocycles. The molecule has 3 N–H and O–H groups in total. The van der Waals surface area contributed by atoms with Gasteiger partial charge in [-0.3, -0.25) is 4.79 Å². The lowest BCUT2D eigenvalue weighted by Gasteiger charge is -2.11. The van der Waals surface area contributed by atoms with Crippen molar-refractivity contribution in [2.75, 3.05) is 19.0 Å². The van der Waals surface area contributed by atoms with E-state index in [1.54, 1.807) is 24.3 Å². The number of halogens is 2. The van der Waals surface area contributed by atoms with Crippen LogP contribution in [0.4, 0.5) is 5.69 Å². The largest absolute Gasteiger partial charge is 0.450 e. The summed E-state index contributed by atoms with van der Waals surface area (Å²) in [7, 11) is -2.57. The average molecular weight is 487 g/mol. The number of fused-ring (bicyclic) bond motifs is 1. The van der Waals surface area contributed by atoms with Crippen LogP contribution in [0.15, 0.2) is 45.7 Å². The van der Waals surface area contributed by atoms with Gasteiger partial charge in [0.2, 0.25) is 15.8 Å². The number of amides is 1. The summed E-state index contributed by atoms with van der Waals surface area (Å²) in [5.74, 6) is -1.70. The second kappa shape index (κ2) is 9.25. The molecule has 2 aromatic carbocycles. The first kappa shape index (κ1) is 23.0. The number of anilines is 1. The number of carbonyl (C=O) groups is 2. The van der Waals surface area contributed by atoms with Crippen molar-refractivity contribution in [3.05, 3.63) is 57.8 Å². The van der Waals surface area contributed by atoms with Gasteiger partial charge in [0, 0.05) is 18.1 Å². The SMILES string of the molecule is COCc1c(C(=O)OCC(=O)Nc2c(Cl)cc(S(N)(=O)=O)cc2Cl)oc2ccccc12. The van der Waals surface area contributed by atoms with Crippen LogP contribution in [-0.2, 0) is 30.9 Å². The molecule has 1 amide bonds. The zero-order chi connectivity index (χ0) is 22.8. The van der Waals surface area contributed by atoms with Crippen LogP contribution < -0.4 is 10.5 Å². The number of sulfonamides is 1. The molecule has 0 aliphatic rings. The average Bonchev–Trinajstić information content (AvgIpc) is 3.07. The Kier molecular flexibility index (Phi) is 6.87. The van der Waals surface area contributed by atoms with Gasteiger partial charge in [0.15, 0.2) is 6.61 Å². The molecule has 0 radical (unpaired) electrons. The number of hydrogen-bond donors (Lipinski definition) is 2. The molecule has 3 rings (SSSR count). The maximum atomic E-state index is 12.5. The van der Waals surface area contributed by atoms with E-state index in [0.717, 1.165) is 12.1 Å². The third-order valence-corrected chi connectivity index (χ3v) is 5.60. The van der Waals surface area contributed by atoms with Crippen molar-refractivity contribution >= 4 is 61.8 Å². The Morgan fingerprint density at radius 2 is 1.81 bits per heavy atom. The van der Waals surface area contributed by atoms with Crippen LogP contribution in [0.1, 0.15) is 16.1 Å². The van der Waals surface area contributed by atoms with Crippen molar-refractivity contribution in [2.45, 2.75) is 11.5 Å². The minimum Gasteiger partial charge on any atom is -0.450 e. The third kappa shape index (κ3) is 5.17. The van der Waals surface area contributed by atoms with Crippen molar-refractivity contribution in [3.8, 4) is 0 Å². The van der Waals surface area contributed by atoms with Gasteiger partial charge in [0.25, 0.3) is 5.91 Å². The topological polar surface area (TPSA) is 138 Å². The molecule has 9 nitrogen and oxygen atoms in total. The van der Waals surface area contributed by atoms with Gasteiger partial charge in [-0.2, -0.15) is 0 Å². The summed E-state index contributed by atoms with van der Waals surface area (Å²) in [5, 5.41) is 7.77. The monoisotopic (exact) mass is 486 g/mol. The summed E-state index contributed by atoms with van der Waals surface area (Å²) < 4.78 is 38.5. The van der Waals surface area contributed by atoms with E-state index >= 15 is 0 Å². The molecule has 0 aliphatic heterocycles. The zero-order valence-corrected chi connectivity index (χ0v) is 18.3. The van der Waals surface area contributed by atoms with Gasteiger partial charge >= 0.3 is 5.97 Å². The Bertz CT molecular complexity index is 1250. The molecule has 12 heteroatoms. The molecule has 3 aromatic rings. The number of primary sulfonamides is 1. The highest BCUT2D eigenvalue weighted by Crippen LogP contribution is 2.33. The van der Waals surface area contributed by atoms with Crippen LogP contribution >= 0.6 is 23.2 Å². The summed E-state index contributed by atoms with van der Waals surface area (Å²) in [4.78, 5) is 24.4. The lowest BCUT2D eigenvalue weighted by molar-refractivity contribution is -0.119. The van der Waals surface area contributed by atoms with Crippen LogP contribution in [0.3, 0.4) is 0 Å². The minimum atomic E-state index is -4.04. The first-order valence-corrected chi connectivity index (χ1v) is 10.9. The van der Waals surface area contributed by atoms with Gasteiger partial charge in [0.05, 0.1) is 27.2 Å². The number of hydrogen-bond acceptors (Lipinski definition) is 7. The van der Waals surface area contributed by atoms with Crippen molar-refractivity contribution in [1.82, 2.24) is 0 Å². The number of benzene rings is 2. The number of nitrogens with two attached hydrogens (primary N) is 1. The van der Waals surface area contributed by atoms with Crippen LogP contribution in [0.25, 0.3) is 11.0 Å². The number of furan rings is 1. The fourth-order valence-corrected chi connectivity index (χ4v) is 4.03. The lowest BCUT2D eigenvalue weighted by Crippen LogP contribution is -2.22. The molecule has 1 heterocycles. The number of carbonyl (C=O) groups excluding carboxylic acids is 2. The van der Waals surface area contributed by atoms with Crippen molar-refractivity contribution in [3.63, 3.8) is 0 Å². The maximum Gasteiger partial charge on any atom is 0.375 e. The highest BCUT2D eigenvalue weighted by molar-refractivity contribution is 7.89. The zero-order valence-electron chi connectivity index (χ0n) is 16.0. The number of methoxy groups -OCH3 is 1. The Morgan fingerprint density at radius 1 is 1.16 bits per heavy atom. The van der Waals surface area contributed by atoms with Crippen molar-refractivity contribution in [2.24, 2.45) is 5.14 Å². The quantitative estimate of drug-likeness (QED) is 0.488. The van der Waals surface area contributed by atoms with E-state index in [-0.39, 0.29) is 33.0 Å². The fourth-order valence-electron chi connectivity index (χ4n) is 2.76. The first-order chi connectivity index (χ1) is 14.6. The number of esters is 1. The van der Waals surface area contributed by atoms with Gasteiger partial charge < -0.3 is 19.2 Å². The number of para-hydroxylation sites is 1. The molecule has 1 aromatic heterocycles. The predicted octanol–water partition coefficient (Wildman–Crippen LogP) is 3.33. The molecule has 0 unspecified atom stereocenters. The smallest absolute Gasteiger partial charge is 0.375 e. The van der Waals surface area contributed by atoms with Gasteiger partial charge in [0.1, 0.15) is 5.58 Å². The Labute approximate surface area is 187 Å². The van der Waals surface area contributed by atoms with Crippen LogP contribution in [0.5, 0.6) is 0 Å². The highest BCUT2D eigenvalue weighted by Gasteiger charge is 2.23. The first-order valence-electron chi connectivity index (χ1n) is 8.60. The standard InChI is InChI=1S/C19H16Cl2N2O7S/c1-28-8-12-11-4-2-3-5-15(11)30-18(12)19(25)29-9-16(24)23-17-13(20)6-10(7-14(17)21)31(22,26)27/h2-7H,8-9H2,1H3,(H,23,24)(H2,22,26,27). The van der Waals surface area contributed by atoms with E-state index in [1.165, 1.54) is 7.11 Å². The predicted molar refractivity (Wildman–Crippen MR) is 114 cm³/mol. The summed E-state index contributed by atoms with van der Waals surface area (Å²) in [6.07, 6.45) is 0. The highest BCUT2D eigenvalue weighted by atomic mass is 35.5. The molecule has 0 bridgehead atoms. The summed E-state index contributed by atoms with van der Waals surface area (Å²) in [6, 6.07) is 9.07. The molecule has 0 atom stereocenters. The van der Waals surface area contributed by atoms with E-state index in [4.69, 9.17) is 42.2 Å². The van der Waals surface area contributed by atoms with Gasteiger partial charge in [-0.05, 0) is 18.2 Å². The molecule has 31 heavy (non-hydrogen) atoms. The van der Waals surface area contributed by atoms with Crippen LogP contribution in [-0.4, -0.2) is 34.0 Å². The maximum absolute atomic E-state index is 12.5. The molecular formula is C19H16Cl2N2O7S. The molecule has 164 valence electrons. The van der Waals surface area contributed by atoms with Crippen LogP contribution in [0, 0.1) is 0 Å². The fraction of sp³-hybridized carbons (Fsp3) is 0.158. The van der Waals surface area contributed by atoms with E-state index in [1.807, 2.05) is 0 Å². The van der Waals surface area contributed by atoms with Gasteiger partial charge in [-0.1, -0.05) is 41.4 Å². The van der Waals surface area contributed by atoms with Gasteiger partial charge in [-0.25, -0.2) is 18.4 Å². The van der Waals surface area contributed by atoms with Crippen molar-refractivity contribution < 1.29 is 31.9 Å². The van der Waals surface area contributed by atoms with Gasteiger partial charge in [-0.15, -0.1) is 0 Å². The molecule has 0 aliphatic carbocycles. The number of rotatable bonds is 7.